The molecular weight excluding hydrogens is 446 g/mol. The first-order valence-electron chi connectivity index (χ1n) is 8.60. The average molecular weight is 466 g/mol. The first kappa shape index (κ1) is 22.0. The molecule has 1 aliphatic rings. The van der Waals surface area contributed by atoms with Crippen molar-refractivity contribution in [2.24, 2.45) is 5.92 Å². The molecule has 2 amide bonds. The van der Waals surface area contributed by atoms with E-state index >= 15 is 0 Å². The second-order valence-electron chi connectivity index (χ2n) is 6.02. The number of carbonyl (C=O) groups is 3. The predicted molar refractivity (Wildman–Crippen MR) is 109 cm³/mol. The number of hydrogen-bond acceptors (Lipinski definition) is 6. The zero-order valence-electron chi connectivity index (χ0n) is 15.5. The van der Waals surface area contributed by atoms with Crippen LogP contribution in [0.15, 0.2) is 39.3 Å². The monoisotopic (exact) mass is 465 g/mol. The van der Waals surface area contributed by atoms with Crippen LogP contribution in [0.1, 0.15) is 24.8 Å². The lowest BCUT2D eigenvalue weighted by Crippen LogP contribution is -2.44. The zero-order valence-corrected chi connectivity index (χ0v) is 17.9. The Morgan fingerprint density at radius 2 is 2.18 bits per heavy atom. The van der Waals surface area contributed by atoms with E-state index in [1.807, 2.05) is 13.0 Å². The summed E-state index contributed by atoms with van der Waals surface area (Å²) in [4.78, 5) is 36.9. The highest BCUT2D eigenvalue weighted by molar-refractivity contribution is 9.10. The van der Waals surface area contributed by atoms with E-state index < -0.39 is 23.7 Å². The Labute approximate surface area is 176 Å². The van der Waals surface area contributed by atoms with Crippen LogP contribution < -0.4 is 10.6 Å². The van der Waals surface area contributed by atoms with E-state index in [9.17, 15) is 19.6 Å². The Balaban J connectivity index is 2.43. The Morgan fingerprint density at radius 3 is 2.79 bits per heavy atom. The summed E-state index contributed by atoms with van der Waals surface area (Å²) in [5.41, 5.74) is 0.853. The number of hydrogen-bond donors (Lipinski definition) is 2. The lowest BCUT2D eigenvalue weighted by Gasteiger charge is -2.31. The van der Waals surface area contributed by atoms with Gasteiger partial charge in [0.15, 0.2) is 0 Å². The van der Waals surface area contributed by atoms with Crippen molar-refractivity contribution in [1.82, 2.24) is 10.6 Å². The molecule has 9 heteroatoms. The van der Waals surface area contributed by atoms with Gasteiger partial charge in [-0.25, -0.2) is 0 Å². The largest absolute Gasteiger partial charge is 0.468 e. The van der Waals surface area contributed by atoms with Gasteiger partial charge in [0.05, 0.1) is 29.5 Å². The molecule has 0 spiro atoms. The number of ether oxygens (including phenoxy) is 1. The van der Waals surface area contributed by atoms with Gasteiger partial charge in [0, 0.05) is 16.9 Å². The van der Waals surface area contributed by atoms with Crippen molar-refractivity contribution < 1.29 is 19.1 Å². The quantitative estimate of drug-likeness (QED) is 0.472. The van der Waals surface area contributed by atoms with E-state index in [1.165, 1.54) is 7.11 Å². The fraction of sp³-hybridized carbons (Fsp3) is 0.368. The topological polar surface area (TPSA) is 108 Å². The lowest BCUT2D eigenvalue weighted by molar-refractivity contribution is -0.150. The molecule has 0 radical (unpaired) electrons. The maximum atomic E-state index is 12.7. The summed E-state index contributed by atoms with van der Waals surface area (Å²) in [6, 6.07) is 9.18. The maximum Gasteiger partial charge on any atom is 0.319 e. The summed E-state index contributed by atoms with van der Waals surface area (Å²) < 4.78 is 5.55. The summed E-state index contributed by atoms with van der Waals surface area (Å²) >= 11 is 4.44. The van der Waals surface area contributed by atoms with Gasteiger partial charge in [-0.15, -0.1) is 0 Å². The van der Waals surface area contributed by atoms with E-state index in [1.54, 1.807) is 18.2 Å². The number of carbonyl (C=O) groups excluding carboxylic acids is 3. The number of nitriles is 1. The lowest BCUT2D eigenvalue weighted by atomic mass is 9.78. The van der Waals surface area contributed by atoms with Crippen LogP contribution in [0.4, 0.5) is 0 Å². The minimum Gasteiger partial charge on any atom is -0.468 e. The first-order chi connectivity index (χ1) is 13.4. The van der Waals surface area contributed by atoms with Crippen molar-refractivity contribution in [3.05, 3.63) is 44.9 Å². The van der Waals surface area contributed by atoms with Crippen molar-refractivity contribution in [3.8, 4) is 6.07 Å². The number of rotatable bonds is 7. The van der Waals surface area contributed by atoms with Gasteiger partial charge < -0.3 is 15.4 Å². The summed E-state index contributed by atoms with van der Waals surface area (Å²) in [7, 11) is 1.20. The summed E-state index contributed by atoms with van der Waals surface area (Å²) in [5.74, 6) is -3.42. The highest BCUT2D eigenvalue weighted by atomic mass is 79.9. The van der Waals surface area contributed by atoms with Crippen molar-refractivity contribution in [2.45, 2.75) is 19.3 Å². The Bertz CT molecular complexity index is 850. The molecule has 0 saturated heterocycles. The van der Waals surface area contributed by atoms with Gasteiger partial charge in [0.25, 0.3) is 0 Å². The Hall–Kier alpha value is -2.31. The molecule has 0 fully saturated rings. The smallest absolute Gasteiger partial charge is 0.319 e. The van der Waals surface area contributed by atoms with Crippen molar-refractivity contribution >= 4 is 45.5 Å². The van der Waals surface area contributed by atoms with Gasteiger partial charge in [0.2, 0.25) is 11.8 Å². The molecule has 1 aliphatic heterocycles. The highest BCUT2D eigenvalue weighted by Crippen LogP contribution is 2.40. The molecule has 2 rings (SSSR count). The number of halogens is 1. The second-order valence-corrected chi connectivity index (χ2v) is 7.92. The third-order valence-corrected chi connectivity index (χ3v) is 5.62. The van der Waals surface area contributed by atoms with Gasteiger partial charge in [-0.3, -0.25) is 14.4 Å². The molecule has 2 N–H and O–H groups in total. The number of esters is 1. The third kappa shape index (κ3) is 5.14. The van der Waals surface area contributed by atoms with E-state index in [0.717, 1.165) is 22.7 Å². The van der Waals surface area contributed by atoms with Crippen molar-refractivity contribution in [1.29, 1.82) is 5.26 Å². The van der Waals surface area contributed by atoms with Crippen LogP contribution in [-0.4, -0.2) is 37.2 Å². The fourth-order valence-electron chi connectivity index (χ4n) is 2.83. The molecule has 0 unspecified atom stereocenters. The molecule has 0 aliphatic carbocycles. The van der Waals surface area contributed by atoms with Crippen LogP contribution >= 0.6 is 27.7 Å². The second kappa shape index (κ2) is 10.3. The van der Waals surface area contributed by atoms with Crippen molar-refractivity contribution in [2.75, 3.05) is 19.4 Å². The van der Waals surface area contributed by atoms with Crippen LogP contribution in [0.5, 0.6) is 0 Å². The minimum absolute atomic E-state index is 0.0505. The van der Waals surface area contributed by atoms with Crippen LogP contribution in [-0.2, 0) is 19.1 Å². The molecule has 28 heavy (non-hydrogen) atoms. The van der Waals surface area contributed by atoms with E-state index in [4.69, 9.17) is 4.74 Å². The SMILES string of the molecule is CCCNC(=O)CSC1=C(C#N)[C@H](c2cccc(Br)c2)[C@H](C(=O)OC)C(=O)N1. The van der Waals surface area contributed by atoms with E-state index in [2.05, 4.69) is 32.6 Å². The molecule has 0 bridgehead atoms. The Morgan fingerprint density at radius 1 is 1.43 bits per heavy atom. The number of methoxy groups -OCH3 is 1. The molecule has 1 aromatic rings. The molecule has 2 atom stereocenters. The number of thioether (sulfide) groups is 1. The van der Waals surface area contributed by atoms with Crippen LogP contribution in [0.25, 0.3) is 0 Å². The highest BCUT2D eigenvalue weighted by Gasteiger charge is 2.44. The van der Waals surface area contributed by atoms with Crippen molar-refractivity contribution in [3.63, 3.8) is 0 Å². The third-order valence-electron chi connectivity index (χ3n) is 4.11. The summed E-state index contributed by atoms with van der Waals surface area (Å²) in [5, 5.41) is 15.4. The Kier molecular flexibility index (Phi) is 8.08. The molecule has 0 saturated carbocycles. The van der Waals surface area contributed by atoms with Gasteiger partial charge in [-0.1, -0.05) is 46.7 Å². The number of nitrogens with zero attached hydrogens (tertiary/aromatic N) is 1. The molecule has 0 aromatic heterocycles. The van der Waals surface area contributed by atoms with Gasteiger partial charge in [-0.05, 0) is 24.1 Å². The average Bonchev–Trinajstić information content (AvgIpc) is 2.69. The van der Waals surface area contributed by atoms with Gasteiger partial charge in [-0.2, -0.15) is 5.26 Å². The minimum atomic E-state index is -1.19. The summed E-state index contributed by atoms with van der Waals surface area (Å²) in [6.45, 7) is 2.50. The van der Waals surface area contributed by atoms with E-state index in [-0.39, 0.29) is 22.3 Å². The number of benzene rings is 1. The zero-order chi connectivity index (χ0) is 20.7. The van der Waals surface area contributed by atoms with Crippen LogP contribution in [0, 0.1) is 17.2 Å². The summed E-state index contributed by atoms with van der Waals surface area (Å²) in [6.07, 6.45) is 0.811. The van der Waals surface area contributed by atoms with Crippen LogP contribution in [0.2, 0.25) is 0 Å². The molecular formula is C19H20BrN3O4S. The standard InChI is InChI=1S/C19H20BrN3O4S/c1-3-7-22-14(24)10-28-18-13(9-21)15(11-5-4-6-12(20)8-11)16(17(25)23-18)19(26)27-2/h4-6,8,15-16H,3,7,10H2,1-2H3,(H,22,24)(H,23,25)/t15-,16-/m0/s1. The van der Waals surface area contributed by atoms with Crippen LogP contribution in [0.3, 0.4) is 0 Å². The number of nitrogens with one attached hydrogen (secondary N) is 2. The molecule has 7 nitrogen and oxygen atoms in total. The number of amides is 2. The first-order valence-corrected chi connectivity index (χ1v) is 10.4. The maximum absolute atomic E-state index is 12.7. The normalized spacial score (nSPS) is 18.9. The molecule has 1 heterocycles. The van der Waals surface area contributed by atoms with Gasteiger partial charge in [0.1, 0.15) is 5.92 Å². The fourth-order valence-corrected chi connectivity index (χ4v) is 4.13. The molecule has 1 aromatic carbocycles. The molecule has 148 valence electrons. The van der Waals surface area contributed by atoms with E-state index in [0.29, 0.717) is 12.1 Å². The van der Waals surface area contributed by atoms with Gasteiger partial charge >= 0.3 is 5.97 Å². The number of allylic oxidation sites excluding steroid dienone is 1. The predicted octanol–water partition coefficient (Wildman–Crippen LogP) is 2.45.